The summed E-state index contributed by atoms with van der Waals surface area (Å²) in [6, 6.07) is 22.0. The smallest absolute Gasteiger partial charge is 0.264 e. The summed E-state index contributed by atoms with van der Waals surface area (Å²) in [7, 11) is -4.12. The summed E-state index contributed by atoms with van der Waals surface area (Å²) >= 11 is 0. The number of benzene rings is 3. The molecule has 5 nitrogen and oxygen atoms in total. The number of carbonyl (C=O) groups is 1. The highest BCUT2D eigenvalue weighted by molar-refractivity contribution is 7.90. The lowest BCUT2D eigenvalue weighted by Gasteiger charge is -2.14. The summed E-state index contributed by atoms with van der Waals surface area (Å²) in [5.41, 5.74) is 4.06. The molecule has 0 bridgehead atoms. The number of amides is 1. The molecule has 27 heavy (non-hydrogen) atoms. The van der Waals surface area contributed by atoms with Crippen molar-refractivity contribution in [3.8, 4) is 22.3 Å². The second-order valence-corrected chi connectivity index (χ2v) is 7.78. The number of aryl methyl sites for hydroxylation is 1. The number of sulfonamides is 1. The Hall–Kier alpha value is -2.96. The molecule has 0 radical (unpaired) electrons. The average molecular weight is 381 g/mol. The van der Waals surface area contributed by atoms with Gasteiger partial charge in [0, 0.05) is 5.56 Å². The molecule has 0 aromatic heterocycles. The van der Waals surface area contributed by atoms with Gasteiger partial charge in [0.1, 0.15) is 6.61 Å². The summed E-state index contributed by atoms with van der Waals surface area (Å²) in [6.07, 6.45) is 0. The maximum absolute atomic E-state index is 12.7. The van der Waals surface area contributed by atoms with Crippen LogP contribution < -0.4 is 4.72 Å². The van der Waals surface area contributed by atoms with Crippen LogP contribution in [0.4, 0.5) is 0 Å². The van der Waals surface area contributed by atoms with E-state index in [1.165, 1.54) is 6.07 Å². The van der Waals surface area contributed by atoms with Crippen molar-refractivity contribution < 1.29 is 18.3 Å². The molecule has 138 valence electrons. The fraction of sp³-hybridized carbons (Fsp3) is 0.0952. The monoisotopic (exact) mass is 381 g/mol. The highest BCUT2D eigenvalue weighted by Crippen LogP contribution is 2.32. The van der Waals surface area contributed by atoms with E-state index in [9.17, 15) is 13.2 Å². The molecule has 0 aliphatic heterocycles. The van der Waals surface area contributed by atoms with Crippen molar-refractivity contribution in [1.29, 1.82) is 0 Å². The van der Waals surface area contributed by atoms with Crippen LogP contribution in [-0.4, -0.2) is 26.0 Å². The maximum atomic E-state index is 12.7. The van der Waals surface area contributed by atoms with E-state index >= 15 is 0 Å². The first-order valence-electron chi connectivity index (χ1n) is 8.34. The van der Waals surface area contributed by atoms with Crippen LogP contribution in [0.25, 0.3) is 22.3 Å². The van der Waals surface area contributed by atoms with E-state index in [1.807, 2.05) is 66.2 Å². The minimum Gasteiger partial charge on any atom is -0.387 e. The number of carbonyl (C=O) groups excluding carboxylic acids is 1. The first-order chi connectivity index (χ1) is 12.9. The Labute approximate surface area is 158 Å². The van der Waals surface area contributed by atoms with Crippen LogP contribution >= 0.6 is 0 Å². The fourth-order valence-electron chi connectivity index (χ4n) is 2.77. The van der Waals surface area contributed by atoms with Gasteiger partial charge in [-0.15, -0.1) is 0 Å². The molecule has 2 N–H and O–H groups in total. The van der Waals surface area contributed by atoms with E-state index < -0.39 is 22.5 Å². The van der Waals surface area contributed by atoms with Crippen LogP contribution in [0.15, 0.2) is 77.7 Å². The largest absolute Gasteiger partial charge is 0.387 e. The third kappa shape index (κ3) is 4.24. The Balaban J connectivity index is 2.18. The molecule has 3 aromatic carbocycles. The summed E-state index contributed by atoms with van der Waals surface area (Å²) in [5.74, 6) is -0.975. The lowest BCUT2D eigenvalue weighted by Crippen LogP contribution is -2.32. The van der Waals surface area contributed by atoms with Gasteiger partial charge in [0.05, 0.1) is 4.90 Å². The molecule has 0 atom stereocenters. The molecule has 6 heteroatoms. The van der Waals surface area contributed by atoms with Crippen molar-refractivity contribution in [3.05, 3.63) is 78.4 Å². The van der Waals surface area contributed by atoms with E-state index in [-0.39, 0.29) is 4.90 Å². The predicted octanol–water partition coefficient (Wildman–Crippen LogP) is 3.13. The standard InChI is InChI=1S/C21H19NO4S/c1-15-7-9-17(10-8-15)19-13-18(16-5-3-2-4-6-16)11-12-20(19)27(25,26)22-21(24)14-23/h2-13,23H,14H2,1H3,(H,22,24). The van der Waals surface area contributed by atoms with Gasteiger partial charge in [-0.2, -0.15) is 0 Å². The lowest BCUT2D eigenvalue weighted by molar-refractivity contribution is -0.122. The SMILES string of the molecule is Cc1ccc(-c2cc(-c3ccccc3)ccc2S(=O)(=O)NC(=O)CO)cc1. The molecule has 0 saturated carbocycles. The molecule has 0 aliphatic rings. The molecule has 3 rings (SSSR count). The summed E-state index contributed by atoms with van der Waals surface area (Å²) in [5, 5.41) is 8.88. The van der Waals surface area contributed by atoms with Gasteiger partial charge in [-0.05, 0) is 35.7 Å². The molecular formula is C21H19NO4S. The van der Waals surface area contributed by atoms with Gasteiger partial charge in [-0.25, -0.2) is 13.1 Å². The molecule has 0 fully saturated rings. The van der Waals surface area contributed by atoms with E-state index in [4.69, 9.17) is 5.11 Å². The predicted molar refractivity (Wildman–Crippen MR) is 104 cm³/mol. The number of hydrogen-bond donors (Lipinski definition) is 2. The fourth-order valence-corrected chi connectivity index (χ4v) is 3.96. The Bertz CT molecular complexity index is 1060. The third-order valence-electron chi connectivity index (χ3n) is 4.13. The Kier molecular flexibility index (Phi) is 5.39. The van der Waals surface area contributed by atoms with Crippen LogP contribution in [-0.2, 0) is 14.8 Å². The van der Waals surface area contributed by atoms with Gasteiger partial charge < -0.3 is 5.11 Å². The second-order valence-electron chi connectivity index (χ2n) is 6.13. The number of rotatable bonds is 5. The van der Waals surface area contributed by atoms with E-state index in [0.717, 1.165) is 22.3 Å². The zero-order valence-electron chi connectivity index (χ0n) is 14.7. The average Bonchev–Trinajstić information content (AvgIpc) is 2.68. The minimum absolute atomic E-state index is 0.0205. The van der Waals surface area contributed by atoms with Gasteiger partial charge in [-0.3, -0.25) is 4.79 Å². The maximum Gasteiger partial charge on any atom is 0.264 e. The minimum atomic E-state index is -4.12. The summed E-state index contributed by atoms with van der Waals surface area (Å²) in [4.78, 5) is 11.4. The van der Waals surface area contributed by atoms with Gasteiger partial charge in [0.2, 0.25) is 0 Å². The van der Waals surface area contributed by atoms with Crippen LogP contribution in [0.2, 0.25) is 0 Å². The van der Waals surface area contributed by atoms with Crippen LogP contribution in [0.3, 0.4) is 0 Å². The van der Waals surface area contributed by atoms with Crippen molar-refractivity contribution in [2.75, 3.05) is 6.61 Å². The van der Waals surface area contributed by atoms with Crippen LogP contribution in [0, 0.1) is 6.92 Å². The number of nitrogens with one attached hydrogen (secondary N) is 1. The number of aliphatic hydroxyl groups is 1. The van der Waals surface area contributed by atoms with E-state index in [1.54, 1.807) is 12.1 Å². The Morgan fingerprint density at radius 1 is 0.889 bits per heavy atom. The highest BCUT2D eigenvalue weighted by atomic mass is 32.2. The summed E-state index contributed by atoms with van der Waals surface area (Å²) in [6.45, 7) is 1.05. The third-order valence-corrected chi connectivity index (χ3v) is 5.56. The molecule has 1 amide bonds. The van der Waals surface area contributed by atoms with Crippen LogP contribution in [0.1, 0.15) is 5.56 Å². The zero-order valence-corrected chi connectivity index (χ0v) is 15.5. The Morgan fingerprint density at radius 2 is 1.52 bits per heavy atom. The van der Waals surface area contributed by atoms with Crippen molar-refractivity contribution in [2.45, 2.75) is 11.8 Å². The zero-order chi connectivity index (χ0) is 19.4. The van der Waals surface area contributed by atoms with Crippen molar-refractivity contribution in [2.24, 2.45) is 0 Å². The molecule has 0 saturated heterocycles. The molecule has 3 aromatic rings. The molecule has 0 aliphatic carbocycles. The normalized spacial score (nSPS) is 11.2. The number of hydrogen-bond acceptors (Lipinski definition) is 4. The van der Waals surface area contributed by atoms with Crippen LogP contribution in [0.5, 0.6) is 0 Å². The number of aliphatic hydroxyl groups excluding tert-OH is 1. The van der Waals surface area contributed by atoms with Crippen molar-refractivity contribution >= 4 is 15.9 Å². The molecule has 0 spiro atoms. The molecule has 0 unspecified atom stereocenters. The van der Waals surface area contributed by atoms with Gasteiger partial charge >= 0.3 is 0 Å². The van der Waals surface area contributed by atoms with Gasteiger partial charge in [0.25, 0.3) is 15.9 Å². The first kappa shape index (κ1) is 18.8. The lowest BCUT2D eigenvalue weighted by atomic mass is 9.98. The topological polar surface area (TPSA) is 83.5 Å². The first-order valence-corrected chi connectivity index (χ1v) is 9.82. The van der Waals surface area contributed by atoms with Crippen molar-refractivity contribution in [3.63, 3.8) is 0 Å². The van der Waals surface area contributed by atoms with Gasteiger partial charge in [0.15, 0.2) is 0 Å². The second kappa shape index (κ2) is 7.73. The van der Waals surface area contributed by atoms with E-state index in [2.05, 4.69) is 0 Å². The van der Waals surface area contributed by atoms with Crippen molar-refractivity contribution in [1.82, 2.24) is 4.72 Å². The Morgan fingerprint density at radius 3 is 2.15 bits per heavy atom. The van der Waals surface area contributed by atoms with Gasteiger partial charge in [-0.1, -0.05) is 66.2 Å². The molecular weight excluding hydrogens is 362 g/mol. The molecule has 0 heterocycles. The highest BCUT2D eigenvalue weighted by Gasteiger charge is 2.22. The summed E-state index contributed by atoms with van der Waals surface area (Å²) < 4.78 is 27.2. The van der Waals surface area contributed by atoms with E-state index in [0.29, 0.717) is 5.56 Å². The quantitative estimate of drug-likeness (QED) is 0.711.